The minimum Gasteiger partial charge on any atom is -0.494 e. The van der Waals surface area contributed by atoms with Crippen molar-refractivity contribution in [3.8, 4) is 17.2 Å². The first-order valence-corrected chi connectivity index (χ1v) is 11.1. The number of methoxy groups -OCH3 is 2. The smallest absolute Gasteiger partial charge is 0.248 e. The van der Waals surface area contributed by atoms with Crippen molar-refractivity contribution in [1.82, 2.24) is 0 Å². The molecule has 31 heavy (non-hydrogen) atoms. The molecular formula is C22H26N2O6S. The van der Waals surface area contributed by atoms with E-state index in [2.05, 4.69) is 16.6 Å². The van der Waals surface area contributed by atoms with Crippen LogP contribution in [0.3, 0.4) is 0 Å². The standard InChI is InChI=1S/C22H26N2O6S/c1-5-13-30-19-11-7-16(14-21(19)29-4)8-12-22(25)23-17-9-10-18(20(15-17)28-3)24-31(26,27)6-2/h5,7-12,14-15,24H,1,6,13H2,2-4H3,(H,23,25). The quantitative estimate of drug-likeness (QED) is 0.403. The summed E-state index contributed by atoms with van der Waals surface area (Å²) in [6.45, 7) is 5.50. The van der Waals surface area contributed by atoms with Crippen LogP contribution in [0.1, 0.15) is 12.5 Å². The average molecular weight is 447 g/mol. The van der Waals surface area contributed by atoms with Crippen molar-refractivity contribution in [2.24, 2.45) is 0 Å². The third-order valence-electron chi connectivity index (χ3n) is 4.09. The monoisotopic (exact) mass is 446 g/mol. The maximum atomic E-state index is 12.3. The van der Waals surface area contributed by atoms with Gasteiger partial charge in [0, 0.05) is 17.8 Å². The molecule has 0 aliphatic heterocycles. The summed E-state index contributed by atoms with van der Waals surface area (Å²) in [7, 11) is -0.494. The van der Waals surface area contributed by atoms with Crippen LogP contribution in [0, 0.1) is 0 Å². The van der Waals surface area contributed by atoms with E-state index in [-0.39, 0.29) is 11.7 Å². The summed E-state index contributed by atoms with van der Waals surface area (Å²) in [6.07, 6.45) is 4.65. The first kappa shape index (κ1) is 23.8. The van der Waals surface area contributed by atoms with Crippen LogP contribution in [0.4, 0.5) is 11.4 Å². The van der Waals surface area contributed by atoms with Crippen LogP contribution in [0.5, 0.6) is 17.2 Å². The molecule has 0 unspecified atom stereocenters. The number of rotatable bonds is 11. The molecule has 0 bridgehead atoms. The predicted molar refractivity (Wildman–Crippen MR) is 122 cm³/mol. The highest BCUT2D eigenvalue weighted by atomic mass is 32.2. The third-order valence-corrected chi connectivity index (χ3v) is 5.38. The number of anilines is 2. The maximum absolute atomic E-state index is 12.3. The molecule has 0 heterocycles. The fraction of sp³-hybridized carbons (Fsp3) is 0.227. The fourth-order valence-corrected chi connectivity index (χ4v) is 3.15. The van der Waals surface area contributed by atoms with Crippen LogP contribution in [-0.4, -0.2) is 40.9 Å². The molecule has 0 saturated heterocycles. The van der Waals surface area contributed by atoms with E-state index in [4.69, 9.17) is 14.2 Å². The van der Waals surface area contributed by atoms with E-state index in [0.29, 0.717) is 35.2 Å². The molecule has 0 radical (unpaired) electrons. The fourth-order valence-electron chi connectivity index (χ4n) is 2.50. The van der Waals surface area contributed by atoms with Crippen molar-refractivity contribution in [1.29, 1.82) is 0 Å². The van der Waals surface area contributed by atoms with E-state index in [1.54, 1.807) is 36.4 Å². The molecule has 9 heteroatoms. The molecule has 1 amide bonds. The second-order valence-corrected chi connectivity index (χ2v) is 8.26. The summed E-state index contributed by atoms with van der Waals surface area (Å²) < 4.78 is 42.0. The van der Waals surface area contributed by atoms with Gasteiger partial charge in [-0.15, -0.1) is 0 Å². The molecule has 2 aromatic carbocycles. The molecule has 0 spiro atoms. The Kier molecular flexibility index (Phi) is 8.51. The predicted octanol–water partition coefficient (Wildman–Crippen LogP) is 3.68. The van der Waals surface area contributed by atoms with Gasteiger partial charge in [-0.2, -0.15) is 0 Å². The zero-order chi connectivity index (χ0) is 22.9. The summed E-state index contributed by atoms with van der Waals surface area (Å²) in [5.41, 5.74) is 1.50. The van der Waals surface area contributed by atoms with Gasteiger partial charge in [-0.3, -0.25) is 9.52 Å². The van der Waals surface area contributed by atoms with Gasteiger partial charge in [-0.25, -0.2) is 8.42 Å². The molecule has 0 atom stereocenters. The first-order valence-electron chi connectivity index (χ1n) is 9.41. The van der Waals surface area contributed by atoms with E-state index in [1.165, 1.54) is 39.4 Å². The molecular weight excluding hydrogens is 420 g/mol. The average Bonchev–Trinajstić information content (AvgIpc) is 2.77. The van der Waals surface area contributed by atoms with Crippen molar-refractivity contribution in [2.75, 3.05) is 36.6 Å². The summed E-state index contributed by atoms with van der Waals surface area (Å²) >= 11 is 0. The Morgan fingerprint density at radius 1 is 1.06 bits per heavy atom. The Balaban J connectivity index is 2.10. The van der Waals surface area contributed by atoms with Crippen molar-refractivity contribution < 1.29 is 27.4 Å². The molecule has 0 aliphatic rings. The second-order valence-electron chi connectivity index (χ2n) is 6.25. The lowest BCUT2D eigenvalue weighted by atomic mass is 10.2. The van der Waals surface area contributed by atoms with E-state index < -0.39 is 10.0 Å². The van der Waals surface area contributed by atoms with Gasteiger partial charge in [0.2, 0.25) is 15.9 Å². The molecule has 2 rings (SSSR count). The van der Waals surface area contributed by atoms with Crippen LogP contribution in [0.25, 0.3) is 6.08 Å². The highest BCUT2D eigenvalue weighted by molar-refractivity contribution is 7.92. The van der Waals surface area contributed by atoms with Gasteiger partial charge in [-0.05, 0) is 42.8 Å². The Morgan fingerprint density at radius 3 is 2.45 bits per heavy atom. The van der Waals surface area contributed by atoms with Crippen LogP contribution in [0.2, 0.25) is 0 Å². The summed E-state index contributed by atoms with van der Waals surface area (Å²) in [6, 6.07) is 9.94. The SMILES string of the molecule is C=CCOc1ccc(C=CC(=O)Nc2ccc(NS(=O)(=O)CC)c(OC)c2)cc1OC. The summed E-state index contributed by atoms with van der Waals surface area (Å²) in [5, 5.41) is 2.71. The highest BCUT2D eigenvalue weighted by Crippen LogP contribution is 2.30. The third kappa shape index (κ3) is 7.07. The molecule has 2 aromatic rings. The van der Waals surface area contributed by atoms with E-state index in [1.807, 2.05) is 0 Å². The highest BCUT2D eigenvalue weighted by Gasteiger charge is 2.12. The molecule has 2 N–H and O–H groups in total. The number of hydrogen-bond acceptors (Lipinski definition) is 6. The first-order chi connectivity index (χ1) is 14.8. The largest absolute Gasteiger partial charge is 0.494 e. The van der Waals surface area contributed by atoms with Crippen molar-refractivity contribution in [3.05, 3.63) is 60.7 Å². The summed E-state index contributed by atoms with van der Waals surface area (Å²) in [4.78, 5) is 12.3. The van der Waals surface area contributed by atoms with Crippen LogP contribution in [0.15, 0.2) is 55.1 Å². The van der Waals surface area contributed by atoms with Crippen molar-refractivity contribution >= 4 is 33.4 Å². The molecule has 0 aliphatic carbocycles. The number of amides is 1. The normalized spacial score (nSPS) is 11.1. The van der Waals surface area contributed by atoms with Gasteiger partial charge in [-0.1, -0.05) is 18.7 Å². The Hall–Kier alpha value is -3.46. The lowest BCUT2D eigenvalue weighted by molar-refractivity contribution is -0.111. The van der Waals surface area contributed by atoms with Crippen LogP contribution < -0.4 is 24.2 Å². The van der Waals surface area contributed by atoms with Gasteiger partial charge in [0.1, 0.15) is 12.4 Å². The van der Waals surface area contributed by atoms with Gasteiger partial charge < -0.3 is 19.5 Å². The molecule has 0 aromatic heterocycles. The zero-order valence-corrected chi connectivity index (χ0v) is 18.5. The number of nitrogens with one attached hydrogen (secondary N) is 2. The second kappa shape index (κ2) is 11.1. The number of ether oxygens (including phenoxy) is 3. The Bertz CT molecular complexity index is 1060. The van der Waals surface area contributed by atoms with Crippen molar-refractivity contribution in [3.63, 3.8) is 0 Å². The lowest BCUT2D eigenvalue weighted by Crippen LogP contribution is -2.15. The zero-order valence-electron chi connectivity index (χ0n) is 17.7. The number of carbonyl (C=O) groups excluding carboxylic acids is 1. The minimum absolute atomic E-state index is 0.0639. The van der Waals surface area contributed by atoms with E-state index in [9.17, 15) is 13.2 Å². The van der Waals surface area contributed by atoms with Gasteiger partial charge >= 0.3 is 0 Å². The summed E-state index contributed by atoms with van der Waals surface area (Å²) in [5.74, 6) is 0.980. The number of carbonyl (C=O) groups is 1. The molecule has 8 nitrogen and oxygen atoms in total. The van der Waals surface area contributed by atoms with Crippen LogP contribution >= 0.6 is 0 Å². The minimum atomic E-state index is -3.45. The number of benzene rings is 2. The Morgan fingerprint density at radius 2 is 1.81 bits per heavy atom. The van der Waals surface area contributed by atoms with Crippen LogP contribution in [-0.2, 0) is 14.8 Å². The van der Waals surface area contributed by atoms with Gasteiger partial charge in [0.15, 0.2) is 11.5 Å². The number of sulfonamides is 1. The molecule has 0 fully saturated rings. The Labute approximate surface area is 182 Å². The van der Waals surface area contributed by atoms with Crippen molar-refractivity contribution in [2.45, 2.75) is 6.92 Å². The number of hydrogen-bond donors (Lipinski definition) is 2. The maximum Gasteiger partial charge on any atom is 0.248 e. The van der Waals surface area contributed by atoms with Gasteiger partial charge in [0.25, 0.3) is 0 Å². The lowest BCUT2D eigenvalue weighted by Gasteiger charge is -2.12. The van der Waals surface area contributed by atoms with E-state index in [0.717, 1.165) is 5.56 Å². The van der Waals surface area contributed by atoms with E-state index >= 15 is 0 Å². The van der Waals surface area contributed by atoms with Gasteiger partial charge in [0.05, 0.1) is 25.7 Å². The molecule has 0 saturated carbocycles. The topological polar surface area (TPSA) is 103 Å². The molecule has 166 valence electrons.